The van der Waals surface area contributed by atoms with E-state index in [-0.39, 0.29) is 24.2 Å². The summed E-state index contributed by atoms with van der Waals surface area (Å²) in [5.41, 5.74) is 0.776. The van der Waals surface area contributed by atoms with Crippen LogP contribution in [0.25, 0.3) is 9.88 Å². The van der Waals surface area contributed by atoms with E-state index < -0.39 is 0 Å². The Bertz CT molecular complexity index is 975. The van der Waals surface area contributed by atoms with Gasteiger partial charge in [0.2, 0.25) is 11.8 Å². The molecule has 3 aromatic rings. The molecular weight excluding hydrogens is 430 g/mol. The summed E-state index contributed by atoms with van der Waals surface area (Å²) in [4.78, 5) is 32.4. The lowest BCUT2D eigenvalue weighted by Crippen LogP contribution is -2.43. The third-order valence-corrected chi connectivity index (χ3v) is 7.19. The molecule has 2 amide bonds. The van der Waals surface area contributed by atoms with Crippen molar-refractivity contribution in [3.8, 4) is 9.88 Å². The first-order chi connectivity index (χ1) is 14.1. The molecule has 0 saturated carbocycles. The zero-order valence-corrected chi connectivity index (χ0v) is 18.0. The minimum absolute atomic E-state index is 0.0206. The highest BCUT2D eigenvalue weighted by molar-refractivity contribution is 7.23. The number of nitrogens with zero attached hydrogens (tertiary/aromatic N) is 2. The normalized spacial score (nSPS) is 14.9. The van der Waals surface area contributed by atoms with Gasteiger partial charge in [0.25, 0.3) is 0 Å². The summed E-state index contributed by atoms with van der Waals surface area (Å²) >= 11 is 8.99. The second-order valence-electron chi connectivity index (χ2n) is 6.88. The van der Waals surface area contributed by atoms with Crippen molar-refractivity contribution in [3.63, 3.8) is 0 Å². The molecule has 29 heavy (non-hydrogen) atoms. The Morgan fingerprint density at radius 2 is 2.10 bits per heavy atom. The van der Waals surface area contributed by atoms with E-state index in [9.17, 15) is 9.59 Å². The van der Waals surface area contributed by atoms with E-state index in [0.29, 0.717) is 32.5 Å². The number of amides is 2. The van der Waals surface area contributed by atoms with Gasteiger partial charge < -0.3 is 14.6 Å². The van der Waals surface area contributed by atoms with Crippen molar-refractivity contribution < 1.29 is 14.0 Å². The second-order valence-corrected chi connectivity index (χ2v) is 9.45. The van der Waals surface area contributed by atoms with Crippen LogP contribution < -0.4 is 5.32 Å². The Hall–Kier alpha value is -2.16. The fourth-order valence-electron chi connectivity index (χ4n) is 3.32. The predicted molar refractivity (Wildman–Crippen MR) is 114 cm³/mol. The van der Waals surface area contributed by atoms with Gasteiger partial charge in [-0.05, 0) is 37.1 Å². The Morgan fingerprint density at radius 1 is 1.28 bits per heavy atom. The maximum atomic E-state index is 12.6. The Kier molecular flexibility index (Phi) is 6.32. The van der Waals surface area contributed by atoms with Crippen LogP contribution >= 0.6 is 34.3 Å². The van der Waals surface area contributed by atoms with Crippen LogP contribution in [0.3, 0.4) is 0 Å². The summed E-state index contributed by atoms with van der Waals surface area (Å²) in [7, 11) is 0. The van der Waals surface area contributed by atoms with E-state index >= 15 is 0 Å². The van der Waals surface area contributed by atoms with Gasteiger partial charge in [0.05, 0.1) is 34.1 Å². The van der Waals surface area contributed by atoms with Gasteiger partial charge in [0, 0.05) is 24.4 Å². The largest absolute Gasteiger partial charge is 0.467 e. The van der Waals surface area contributed by atoms with Gasteiger partial charge in [0.1, 0.15) is 10.8 Å². The molecule has 152 valence electrons. The Morgan fingerprint density at radius 3 is 2.79 bits per heavy atom. The predicted octanol–water partition coefficient (Wildman–Crippen LogP) is 4.22. The van der Waals surface area contributed by atoms with E-state index in [0.717, 1.165) is 25.7 Å². The number of halogens is 1. The van der Waals surface area contributed by atoms with Gasteiger partial charge in [0.15, 0.2) is 0 Å². The molecule has 0 radical (unpaired) electrons. The fraction of sp³-hybridized carbons (Fsp3) is 0.350. The molecule has 9 heteroatoms. The standard InChI is InChI=1S/C20H20ClN3O3S2/c21-17-4-3-16(29-17)20-23-14(12-28-20)10-18(25)24-7-5-13(6-8-24)19(26)22-11-15-2-1-9-27-15/h1-4,9,12-13H,5-8,10-11H2,(H,22,26). The first kappa shape index (κ1) is 20.1. The number of carbonyl (C=O) groups excluding carboxylic acids is 2. The Balaban J connectivity index is 1.25. The minimum Gasteiger partial charge on any atom is -0.467 e. The van der Waals surface area contributed by atoms with Gasteiger partial charge in [-0.25, -0.2) is 4.98 Å². The molecule has 0 spiro atoms. The molecule has 4 heterocycles. The maximum Gasteiger partial charge on any atom is 0.228 e. The zero-order valence-electron chi connectivity index (χ0n) is 15.6. The van der Waals surface area contributed by atoms with E-state index in [2.05, 4.69) is 10.3 Å². The SMILES string of the molecule is O=C(NCc1ccco1)C1CCN(C(=O)Cc2csc(-c3ccc(Cl)s3)n2)CC1. The van der Waals surface area contributed by atoms with Gasteiger partial charge in [-0.15, -0.1) is 22.7 Å². The van der Waals surface area contributed by atoms with Gasteiger partial charge >= 0.3 is 0 Å². The van der Waals surface area contributed by atoms with Crippen LogP contribution in [0.2, 0.25) is 4.34 Å². The number of hydrogen-bond acceptors (Lipinski definition) is 6. The van der Waals surface area contributed by atoms with Crippen molar-refractivity contribution in [2.24, 2.45) is 5.92 Å². The van der Waals surface area contributed by atoms with Crippen LogP contribution in [-0.2, 0) is 22.6 Å². The van der Waals surface area contributed by atoms with Gasteiger partial charge in [-0.3, -0.25) is 9.59 Å². The molecule has 3 aromatic heterocycles. The smallest absolute Gasteiger partial charge is 0.228 e. The molecule has 4 rings (SSSR count). The summed E-state index contributed by atoms with van der Waals surface area (Å²) < 4.78 is 5.95. The third kappa shape index (κ3) is 5.07. The number of nitrogens with one attached hydrogen (secondary N) is 1. The van der Waals surface area contributed by atoms with Crippen molar-refractivity contribution in [1.82, 2.24) is 15.2 Å². The molecule has 0 aromatic carbocycles. The summed E-state index contributed by atoms with van der Waals surface area (Å²) in [6, 6.07) is 7.42. The molecule has 6 nitrogen and oxygen atoms in total. The number of likely N-dealkylation sites (tertiary alicyclic amines) is 1. The Labute approximate surface area is 181 Å². The fourth-order valence-corrected chi connectivity index (χ4v) is 5.25. The number of aromatic nitrogens is 1. The summed E-state index contributed by atoms with van der Waals surface area (Å²) in [6.45, 7) is 1.58. The number of hydrogen-bond donors (Lipinski definition) is 1. The summed E-state index contributed by atoms with van der Waals surface area (Å²) in [5, 5.41) is 5.72. The summed E-state index contributed by atoms with van der Waals surface area (Å²) in [5.74, 6) is 0.745. The van der Waals surface area contributed by atoms with Crippen molar-refractivity contribution in [2.45, 2.75) is 25.8 Å². The number of rotatable bonds is 6. The first-order valence-electron chi connectivity index (χ1n) is 9.36. The molecule has 1 aliphatic heterocycles. The third-order valence-electron chi connectivity index (χ3n) is 4.90. The van der Waals surface area contributed by atoms with Crippen molar-refractivity contribution >= 4 is 46.1 Å². The number of thiophene rings is 1. The quantitative estimate of drug-likeness (QED) is 0.611. The van der Waals surface area contributed by atoms with Crippen molar-refractivity contribution in [1.29, 1.82) is 0 Å². The van der Waals surface area contributed by atoms with Crippen LogP contribution in [0.1, 0.15) is 24.3 Å². The number of carbonyl (C=O) groups is 2. The monoisotopic (exact) mass is 449 g/mol. The van der Waals surface area contributed by atoms with E-state index in [1.54, 1.807) is 12.3 Å². The first-order valence-corrected chi connectivity index (χ1v) is 11.4. The molecule has 0 atom stereocenters. The second kappa shape index (κ2) is 9.11. The highest BCUT2D eigenvalue weighted by atomic mass is 35.5. The number of thiazole rings is 1. The molecule has 0 unspecified atom stereocenters. The topological polar surface area (TPSA) is 75.4 Å². The van der Waals surface area contributed by atoms with E-state index in [1.165, 1.54) is 22.7 Å². The summed E-state index contributed by atoms with van der Waals surface area (Å²) in [6.07, 6.45) is 3.22. The van der Waals surface area contributed by atoms with Crippen molar-refractivity contribution in [3.05, 3.63) is 51.7 Å². The lowest BCUT2D eigenvalue weighted by atomic mass is 9.95. The number of furan rings is 1. The lowest BCUT2D eigenvalue weighted by molar-refractivity contribution is -0.135. The molecule has 1 fully saturated rings. The molecule has 0 aliphatic carbocycles. The van der Waals surface area contributed by atoms with Crippen LogP contribution in [0.4, 0.5) is 0 Å². The van der Waals surface area contributed by atoms with E-state index in [4.69, 9.17) is 16.0 Å². The van der Waals surface area contributed by atoms with Gasteiger partial charge in [-0.2, -0.15) is 0 Å². The van der Waals surface area contributed by atoms with Gasteiger partial charge in [-0.1, -0.05) is 11.6 Å². The van der Waals surface area contributed by atoms with Crippen molar-refractivity contribution in [2.75, 3.05) is 13.1 Å². The highest BCUT2D eigenvalue weighted by Crippen LogP contribution is 2.33. The molecule has 0 bridgehead atoms. The minimum atomic E-state index is -0.0662. The molecule has 1 N–H and O–H groups in total. The van der Waals surface area contributed by atoms with Crippen LogP contribution in [0.15, 0.2) is 40.3 Å². The lowest BCUT2D eigenvalue weighted by Gasteiger charge is -2.31. The van der Waals surface area contributed by atoms with Crippen LogP contribution in [0, 0.1) is 5.92 Å². The maximum absolute atomic E-state index is 12.6. The van der Waals surface area contributed by atoms with Crippen LogP contribution in [-0.4, -0.2) is 34.8 Å². The molecule has 1 aliphatic rings. The molecular formula is C20H20ClN3O3S2. The molecule has 1 saturated heterocycles. The zero-order chi connectivity index (χ0) is 20.2. The van der Waals surface area contributed by atoms with E-state index in [1.807, 2.05) is 28.5 Å². The average Bonchev–Trinajstić information content (AvgIpc) is 3.48. The highest BCUT2D eigenvalue weighted by Gasteiger charge is 2.27. The average molecular weight is 450 g/mol. The number of piperidine rings is 1. The van der Waals surface area contributed by atoms with Crippen LogP contribution in [0.5, 0.6) is 0 Å².